The molecule has 0 aromatic heterocycles. The van der Waals surface area contributed by atoms with Gasteiger partial charge in [0.2, 0.25) is 12.3 Å². The van der Waals surface area contributed by atoms with Crippen molar-refractivity contribution in [1.82, 2.24) is 15.9 Å². The average Bonchev–Trinajstić information content (AvgIpc) is 2.45. The molecule has 20 heavy (non-hydrogen) atoms. The average molecular weight is 291 g/mol. The minimum atomic E-state index is -0.960. The van der Waals surface area contributed by atoms with Crippen LogP contribution >= 0.6 is 0 Å². The minimum Gasteiger partial charge on any atom is -0.394 e. The summed E-state index contributed by atoms with van der Waals surface area (Å²) in [4.78, 5) is 22.3. The molecule has 0 saturated heterocycles. The van der Waals surface area contributed by atoms with Crippen molar-refractivity contribution >= 4 is 12.3 Å². The number of carbonyl (C=O) groups excluding carboxylic acids is 2. The lowest BCUT2D eigenvalue weighted by molar-refractivity contribution is -0.154. The molecule has 8 nitrogen and oxygen atoms in total. The zero-order chi connectivity index (χ0) is 15.4. The van der Waals surface area contributed by atoms with Crippen molar-refractivity contribution in [3.63, 3.8) is 0 Å². The summed E-state index contributed by atoms with van der Waals surface area (Å²) in [7, 11) is 0. The number of hydrogen-bond acceptors (Lipinski definition) is 6. The summed E-state index contributed by atoms with van der Waals surface area (Å²) in [5, 5.41) is 27.4. The predicted molar refractivity (Wildman–Crippen MR) is 71.4 cm³/mol. The van der Waals surface area contributed by atoms with E-state index < -0.39 is 18.6 Å². The van der Waals surface area contributed by atoms with E-state index in [0.29, 0.717) is 11.5 Å². The van der Waals surface area contributed by atoms with Crippen LogP contribution in [0.5, 0.6) is 0 Å². The van der Waals surface area contributed by atoms with E-state index in [0.717, 1.165) is 19.3 Å². The molecule has 0 aromatic rings. The van der Waals surface area contributed by atoms with Gasteiger partial charge in [-0.3, -0.25) is 20.2 Å². The molecule has 0 radical (unpaired) electrons. The summed E-state index contributed by atoms with van der Waals surface area (Å²) in [6.07, 6.45) is 2.63. The molecule has 0 fully saturated rings. The number of nitrogens with zero attached hydrogens (tertiary/aromatic N) is 1. The molecule has 0 heterocycles. The van der Waals surface area contributed by atoms with Crippen molar-refractivity contribution < 1.29 is 25.0 Å². The normalized spacial score (nSPS) is 13.6. The first-order valence-electron chi connectivity index (χ1n) is 6.77. The summed E-state index contributed by atoms with van der Waals surface area (Å²) < 4.78 is 0. The van der Waals surface area contributed by atoms with Crippen LogP contribution in [0.15, 0.2) is 0 Å². The molecule has 0 aliphatic rings. The molecule has 0 aromatic carbocycles. The van der Waals surface area contributed by atoms with Crippen LogP contribution in [0.1, 0.15) is 32.6 Å². The maximum Gasteiger partial charge on any atom is 0.239 e. The zero-order valence-electron chi connectivity index (χ0n) is 11.8. The van der Waals surface area contributed by atoms with Gasteiger partial charge >= 0.3 is 0 Å². The van der Waals surface area contributed by atoms with Gasteiger partial charge in [0.05, 0.1) is 25.2 Å². The van der Waals surface area contributed by atoms with Crippen molar-refractivity contribution in [1.29, 1.82) is 0 Å². The Morgan fingerprint density at radius 1 is 1.40 bits per heavy atom. The third-order valence-electron chi connectivity index (χ3n) is 2.82. The van der Waals surface area contributed by atoms with E-state index >= 15 is 0 Å². The summed E-state index contributed by atoms with van der Waals surface area (Å²) in [6.45, 7) is 1.57. The second-order valence-electron chi connectivity index (χ2n) is 4.63. The minimum absolute atomic E-state index is 0.0143. The fourth-order valence-electron chi connectivity index (χ4n) is 1.64. The van der Waals surface area contributed by atoms with Crippen LogP contribution in [0.25, 0.3) is 0 Å². The van der Waals surface area contributed by atoms with E-state index in [1.165, 1.54) is 0 Å². The molecule has 0 spiro atoms. The van der Waals surface area contributed by atoms with Crippen LogP contribution < -0.4 is 10.9 Å². The van der Waals surface area contributed by atoms with Crippen molar-refractivity contribution in [2.45, 2.75) is 38.7 Å². The van der Waals surface area contributed by atoms with Crippen LogP contribution in [0.2, 0.25) is 0 Å². The van der Waals surface area contributed by atoms with Gasteiger partial charge in [0.15, 0.2) is 0 Å². The Balaban J connectivity index is 4.20. The first-order chi connectivity index (χ1) is 9.54. The number of aliphatic hydroxyl groups excluding tert-OH is 2. The van der Waals surface area contributed by atoms with Gasteiger partial charge in [-0.2, -0.15) is 0 Å². The monoisotopic (exact) mass is 291 g/mol. The number of amides is 2. The molecular weight excluding hydrogens is 266 g/mol. The number of hydroxylamine groups is 2. The fourth-order valence-corrected chi connectivity index (χ4v) is 1.64. The van der Waals surface area contributed by atoms with Crippen molar-refractivity contribution in [3.8, 4) is 0 Å². The smallest absolute Gasteiger partial charge is 0.239 e. The highest BCUT2D eigenvalue weighted by Crippen LogP contribution is 2.11. The summed E-state index contributed by atoms with van der Waals surface area (Å²) in [5.41, 5.74) is 4.89. The lowest BCUT2D eigenvalue weighted by atomic mass is 10.0. The largest absolute Gasteiger partial charge is 0.394 e. The van der Waals surface area contributed by atoms with Gasteiger partial charge in [-0.15, -0.1) is 0 Å². The molecular formula is C12H25N3O5. The third kappa shape index (κ3) is 8.81. The van der Waals surface area contributed by atoms with Gasteiger partial charge in [0, 0.05) is 6.54 Å². The lowest BCUT2D eigenvalue weighted by Crippen LogP contribution is -2.47. The first-order valence-corrected chi connectivity index (χ1v) is 6.77. The van der Waals surface area contributed by atoms with Gasteiger partial charge in [0.25, 0.3) is 0 Å². The topological polar surface area (TPSA) is 122 Å². The molecule has 118 valence electrons. The van der Waals surface area contributed by atoms with Crippen molar-refractivity contribution in [2.75, 3.05) is 19.7 Å². The van der Waals surface area contributed by atoms with Crippen LogP contribution in [-0.4, -0.2) is 58.6 Å². The van der Waals surface area contributed by atoms with E-state index in [9.17, 15) is 14.8 Å². The van der Waals surface area contributed by atoms with Gasteiger partial charge in [-0.25, -0.2) is 10.5 Å². The number of hydrogen-bond donors (Lipinski definition) is 5. The Hall–Kier alpha value is -1.22. The highest BCUT2D eigenvalue weighted by Gasteiger charge is 2.20. The highest BCUT2D eigenvalue weighted by molar-refractivity contribution is 5.78. The SMILES string of the molecule is CCCCCC(CN(O)C=O)C(=O)NNCC(O)CO. The predicted octanol–water partition coefficient (Wildman–Crippen LogP) is -0.995. The van der Waals surface area contributed by atoms with E-state index in [1.54, 1.807) is 0 Å². The molecule has 8 heteroatoms. The third-order valence-corrected chi connectivity index (χ3v) is 2.82. The second kappa shape index (κ2) is 11.6. The summed E-state index contributed by atoms with van der Waals surface area (Å²) >= 11 is 0. The molecule has 0 bridgehead atoms. The molecule has 0 saturated carbocycles. The second-order valence-corrected chi connectivity index (χ2v) is 4.63. The highest BCUT2D eigenvalue weighted by atomic mass is 16.5. The number of carbonyl (C=O) groups is 2. The van der Waals surface area contributed by atoms with E-state index in [-0.39, 0.29) is 25.4 Å². The molecule has 2 amide bonds. The lowest BCUT2D eigenvalue weighted by Gasteiger charge is -2.20. The molecule has 2 unspecified atom stereocenters. The molecule has 2 atom stereocenters. The summed E-state index contributed by atoms with van der Waals surface area (Å²) in [6, 6.07) is 0. The molecule has 5 N–H and O–H groups in total. The van der Waals surface area contributed by atoms with Crippen LogP contribution in [0.4, 0.5) is 0 Å². The number of unbranched alkanes of at least 4 members (excludes halogenated alkanes) is 2. The molecule has 0 rings (SSSR count). The molecule has 0 aliphatic carbocycles. The Bertz CT molecular complexity index is 278. The summed E-state index contributed by atoms with van der Waals surface area (Å²) in [5.74, 6) is -0.900. The van der Waals surface area contributed by atoms with Crippen molar-refractivity contribution in [2.24, 2.45) is 5.92 Å². The van der Waals surface area contributed by atoms with Gasteiger partial charge < -0.3 is 10.2 Å². The van der Waals surface area contributed by atoms with Crippen LogP contribution in [-0.2, 0) is 9.59 Å². The number of aliphatic hydroxyl groups is 2. The van der Waals surface area contributed by atoms with Gasteiger partial charge in [-0.05, 0) is 6.42 Å². The van der Waals surface area contributed by atoms with Crippen molar-refractivity contribution in [3.05, 3.63) is 0 Å². The quantitative estimate of drug-likeness (QED) is 0.136. The Morgan fingerprint density at radius 2 is 2.10 bits per heavy atom. The Labute approximate surface area is 118 Å². The van der Waals surface area contributed by atoms with E-state index in [4.69, 9.17) is 10.2 Å². The zero-order valence-corrected chi connectivity index (χ0v) is 11.8. The van der Waals surface area contributed by atoms with Gasteiger partial charge in [-0.1, -0.05) is 26.2 Å². The molecule has 0 aliphatic heterocycles. The number of nitrogens with one attached hydrogen (secondary N) is 2. The van der Waals surface area contributed by atoms with Crippen LogP contribution in [0.3, 0.4) is 0 Å². The maximum atomic E-state index is 11.9. The number of rotatable bonds is 12. The standard InChI is InChI=1S/C12H25N3O5/c1-2-3-4-5-10(7-15(20)9-17)12(19)14-13-6-11(18)8-16/h9-11,13,16,18,20H,2-8H2,1H3,(H,14,19). The maximum absolute atomic E-state index is 11.9. The number of hydrazine groups is 1. The van der Waals surface area contributed by atoms with E-state index in [1.807, 2.05) is 6.92 Å². The Morgan fingerprint density at radius 3 is 2.65 bits per heavy atom. The first kappa shape index (κ1) is 18.8. The van der Waals surface area contributed by atoms with Gasteiger partial charge in [0.1, 0.15) is 0 Å². The fraction of sp³-hybridized carbons (Fsp3) is 0.833. The Kier molecular flexibility index (Phi) is 10.9. The van der Waals surface area contributed by atoms with E-state index in [2.05, 4.69) is 10.9 Å². The van der Waals surface area contributed by atoms with Crippen LogP contribution in [0, 0.1) is 5.92 Å².